The molecule has 0 fully saturated rings. The van der Waals surface area contributed by atoms with E-state index in [0.717, 1.165) is 175 Å². The second-order valence-corrected chi connectivity index (χ2v) is 22.1. The minimum atomic E-state index is 0. The summed E-state index contributed by atoms with van der Waals surface area (Å²) in [5.41, 5.74) is 17.2. The monoisotopic (exact) mass is 1410 g/mol. The Bertz CT molecular complexity index is 5560. The van der Waals surface area contributed by atoms with E-state index >= 15 is 0 Å². The summed E-state index contributed by atoms with van der Waals surface area (Å²) in [6.07, 6.45) is 21.5. The van der Waals surface area contributed by atoms with Gasteiger partial charge >= 0.3 is 0 Å². The molecular formula is C78H46N16Ru2. The quantitative estimate of drug-likeness (QED) is 0.0786. The third-order valence-corrected chi connectivity index (χ3v) is 16.5. The number of nitrogens with zero attached hydrogens (tertiary/aromatic N) is 16. The van der Waals surface area contributed by atoms with Crippen LogP contribution >= 0.6 is 0 Å². The molecule has 0 spiro atoms. The van der Waals surface area contributed by atoms with Crippen LogP contribution in [0.25, 0.3) is 175 Å². The first-order chi connectivity index (χ1) is 46.6. The summed E-state index contributed by atoms with van der Waals surface area (Å²) in [7, 11) is 0. The smallest absolute Gasteiger partial charge is 0.0996 e. The fourth-order valence-corrected chi connectivity index (χ4v) is 12.2. The molecule has 0 aliphatic heterocycles. The fraction of sp³-hybridized carbons (Fsp3) is 0. The van der Waals surface area contributed by atoms with Crippen LogP contribution in [-0.4, -0.2) is 79.7 Å². The Labute approximate surface area is 570 Å². The van der Waals surface area contributed by atoms with E-state index in [2.05, 4.69) is 157 Å². The van der Waals surface area contributed by atoms with E-state index in [1.54, 1.807) is 74.4 Å². The molecule has 18 heteroatoms. The van der Waals surface area contributed by atoms with Gasteiger partial charge in [-0.25, -0.2) is 19.9 Å². The summed E-state index contributed by atoms with van der Waals surface area (Å²) < 4.78 is 0. The summed E-state index contributed by atoms with van der Waals surface area (Å²) in [6, 6.07) is 68.2. The normalized spacial score (nSPS) is 11.2. The van der Waals surface area contributed by atoms with Gasteiger partial charge in [-0.3, -0.25) is 59.8 Å². The second-order valence-electron chi connectivity index (χ2n) is 22.1. The molecule has 21 rings (SSSR count). The minimum Gasteiger partial charge on any atom is -0.254 e. The average molecular weight is 1410 g/mol. The molecule has 0 amide bonds. The van der Waals surface area contributed by atoms with Crippen molar-refractivity contribution in [3.8, 4) is 0 Å². The molecule has 96 heavy (non-hydrogen) atoms. The van der Waals surface area contributed by atoms with Crippen molar-refractivity contribution in [3.63, 3.8) is 0 Å². The van der Waals surface area contributed by atoms with Crippen molar-refractivity contribution in [3.05, 3.63) is 281 Å². The van der Waals surface area contributed by atoms with Crippen LogP contribution in [-0.2, 0) is 39.0 Å². The number of benzene rings is 7. The zero-order chi connectivity index (χ0) is 62.3. The molecule has 0 bridgehead atoms. The first kappa shape index (κ1) is 60.2. The molecule has 0 saturated heterocycles. The summed E-state index contributed by atoms with van der Waals surface area (Å²) in [4.78, 5) is 73.5. The molecule has 454 valence electrons. The van der Waals surface area contributed by atoms with Crippen LogP contribution in [0.3, 0.4) is 0 Å². The van der Waals surface area contributed by atoms with Crippen molar-refractivity contribution >= 4 is 175 Å². The van der Waals surface area contributed by atoms with Gasteiger partial charge in [-0.05, 0) is 109 Å². The molecule has 0 atom stereocenters. The molecule has 7 aromatic carbocycles. The van der Waals surface area contributed by atoms with Crippen LogP contribution in [0.15, 0.2) is 281 Å². The van der Waals surface area contributed by atoms with Gasteiger partial charge < -0.3 is 0 Å². The number of hydrogen-bond acceptors (Lipinski definition) is 16. The summed E-state index contributed by atoms with van der Waals surface area (Å²) in [5.74, 6) is 0. The van der Waals surface area contributed by atoms with E-state index in [1.165, 1.54) is 0 Å². The van der Waals surface area contributed by atoms with Gasteiger partial charge in [0.15, 0.2) is 0 Å². The van der Waals surface area contributed by atoms with Crippen molar-refractivity contribution in [1.29, 1.82) is 0 Å². The van der Waals surface area contributed by atoms with Crippen LogP contribution in [0, 0.1) is 0 Å². The van der Waals surface area contributed by atoms with E-state index in [0.29, 0.717) is 0 Å². The molecule has 0 saturated carbocycles. The van der Waals surface area contributed by atoms with Gasteiger partial charge in [0.2, 0.25) is 0 Å². The zero-order valence-electron chi connectivity index (χ0n) is 50.4. The Hall–Kier alpha value is -12.1. The van der Waals surface area contributed by atoms with Crippen molar-refractivity contribution in [2.45, 2.75) is 0 Å². The molecule has 16 nitrogen and oxygen atoms in total. The summed E-state index contributed by atoms with van der Waals surface area (Å²) in [5, 5.41) is 12.8. The maximum atomic E-state index is 5.08. The van der Waals surface area contributed by atoms with E-state index in [4.69, 9.17) is 19.9 Å². The predicted octanol–water partition coefficient (Wildman–Crippen LogP) is 17.2. The molecule has 0 aliphatic rings. The fourth-order valence-electron chi connectivity index (χ4n) is 12.2. The van der Waals surface area contributed by atoms with Crippen LogP contribution in [0.2, 0.25) is 0 Å². The predicted molar refractivity (Wildman–Crippen MR) is 377 cm³/mol. The van der Waals surface area contributed by atoms with Gasteiger partial charge in [0, 0.05) is 178 Å². The summed E-state index contributed by atoms with van der Waals surface area (Å²) in [6.45, 7) is 0. The number of hydrogen-bond donors (Lipinski definition) is 0. The molecule has 0 radical (unpaired) electrons. The third-order valence-electron chi connectivity index (χ3n) is 16.5. The number of rotatable bonds is 0. The first-order valence-corrected chi connectivity index (χ1v) is 30.3. The maximum absolute atomic E-state index is 5.08. The first-order valence-electron chi connectivity index (χ1n) is 30.3. The minimum absolute atomic E-state index is 0. The standard InChI is InChI=1S/C30H14N8.4C12H8N2.2Ru/c1-5-15-23(31-9-1)24-16(6-2-10-32-24)28-27(15)35-19-13-21-22(14-20(19)36-28)38-30-18-8-4-12-34-26(18)25-17(29(30)37-21)7-3-11-33-25;4*1-3-9-5-6-10-4-2-8-14-12(10)11(9)13-7-1;;/h1-14H;4*1-8H;;. The Morgan fingerprint density at radius 2 is 0.292 bits per heavy atom. The largest absolute Gasteiger partial charge is 0.254 e. The Morgan fingerprint density at radius 3 is 0.458 bits per heavy atom. The van der Waals surface area contributed by atoms with Gasteiger partial charge in [0.25, 0.3) is 0 Å². The van der Waals surface area contributed by atoms with Crippen LogP contribution in [0.5, 0.6) is 0 Å². The van der Waals surface area contributed by atoms with Gasteiger partial charge in [0.1, 0.15) is 0 Å². The number of aromatic nitrogens is 16. The topological polar surface area (TPSA) is 206 Å². The Balaban J connectivity index is 0.000000108. The second kappa shape index (κ2) is 26.1. The van der Waals surface area contributed by atoms with Crippen molar-refractivity contribution in [2.75, 3.05) is 0 Å². The average Bonchev–Trinajstić information content (AvgIpc) is 0.730. The third kappa shape index (κ3) is 11.1. The van der Waals surface area contributed by atoms with Gasteiger partial charge in [0.05, 0.1) is 110 Å². The molecular weight excluding hydrogens is 1360 g/mol. The van der Waals surface area contributed by atoms with Gasteiger partial charge in [-0.15, -0.1) is 0 Å². The molecule has 14 heterocycles. The molecule has 0 N–H and O–H groups in total. The van der Waals surface area contributed by atoms with E-state index in [-0.39, 0.29) is 39.0 Å². The van der Waals surface area contributed by atoms with Gasteiger partial charge in [-0.2, -0.15) is 0 Å². The van der Waals surface area contributed by atoms with Crippen molar-refractivity contribution in [1.82, 2.24) is 79.7 Å². The summed E-state index contributed by atoms with van der Waals surface area (Å²) >= 11 is 0. The Morgan fingerprint density at radius 1 is 0.146 bits per heavy atom. The molecule has 21 aromatic rings. The van der Waals surface area contributed by atoms with Crippen LogP contribution in [0.4, 0.5) is 0 Å². The number of fused-ring (bicyclic) bond motifs is 26. The van der Waals surface area contributed by atoms with Crippen LogP contribution < -0.4 is 0 Å². The molecule has 0 unspecified atom stereocenters. The van der Waals surface area contributed by atoms with E-state index in [9.17, 15) is 0 Å². The molecule has 0 aliphatic carbocycles. The maximum Gasteiger partial charge on any atom is 0.0996 e. The van der Waals surface area contributed by atoms with Crippen molar-refractivity contribution < 1.29 is 39.0 Å². The SMILES string of the molecule is [Ru].[Ru].c1cnc2c(c1)c1nc3cc4nc5c6cccnc6c6ncccc6c5nc4cc3nc1c1cccnc12.c1cnc2c(c1)ccc1cccnc12.c1cnc2c(c1)ccc1cccnc12.c1cnc2c(c1)ccc1cccnc12.c1cnc2c(c1)ccc1cccnc12. The zero-order valence-corrected chi connectivity index (χ0v) is 53.9. The number of pyridine rings is 12. The molecule has 14 aromatic heterocycles. The van der Waals surface area contributed by atoms with Gasteiger partial charge in [-0.1, -0.05) is 97.1 Å². The Kier molecular flexibility index (Phi) is 16.4. The van der Waals surface area contributed by atoms with Crippen molar-refractivity contribution in [2.24, 2.45) is 0 Å². The van der Waals surface area contributed by atoms with E-state index in [1.807, 2.05) is 109 Å². The van der Waals surface area contributed by atoms with Crippen LogP contribution in [0.1, 0.15) is 0 Å². The van der Waals surface area contributed by atoms with E-state index < -0.39 is 0 Å².